The van der Waals surface area contributed by atoms with Crippen molar-refractivity contribution in [3.63, 3.8) is 0 Å². The quantitative estimate of drug-likeness (QED) is 0.0608. The van der Waals surface area contributed by atoms with Crippen LogP contribution in [0.25, 0.3) is 11.3 Å². The van der Waals surface area contributed by atoms with Crippen LogP contribution in [0.3, 0.4) is 0 Å². The van der Waals surface area contributed by atoms with E-state index in [0.717, 1.165) is 12.1 Å². The molecule has 0 spiro atoms. The Bertz CT molecular complexity index is 2670. The van der Waals surface area contributed by atoms with Crippen LogP contribution in [0.15, 0.2) is 73.1 Å². The molecule has 2 saturated heterocycles. The van der Waals surface area contributed by atoms with E-state index < -0.39 is 87.5 Å². The molecule has 2 aromatic heterocycles. The number of nitrogens with zero attached hydrogens (tertiary/aromatic N) is 6. The monoisotopic (exact) mass is 989 g/mol. The van der Waals surface area contributed by atoms with Gasteiger partial charge in [-0.05, 0) is 92.4 Å². The number of rotatable bonds is 17. The van der Waals surface area contributed by atoms with Crippen molar-refractivity contribution in [3.8, 4) is 23.2 Å². The Hall–Kier alpha value is -7.09. The summed E-state index contributed by atoms with van der Waals surface area (Å²) in [7, 11) is 0. The number of hydrogen-bond acceptors (Lipinski definition) is 12. The molecule has 0 radical (unpaired) electrons. The predicted octanol–water partition coefficient (Wildman–Crippen LogP) is 5.17. The van der Waals surface area contributed by atoms with Crippen LogP contribution in [0.1, 0.15) is 80.9 Å². The van der Waals surface area contributed by atoms with Crippen molar-refractivity contribution >= 4 is 58.2 Å². The maximum atomic E-state index is 15.4. The number of hydrogen-bond donors (Lipinski definition) is 4. The van der Waals surface area contributed by atoms with Crippen LogP contribution >= 0.6 is 12.2 Å². The van der Waals surface area contributed by atoms with E-state index in [-0.39, 0.29) is 44.4 Å². The Morgan fingerprint density at radius 1 is 1.00 bits per heavy atom. The standard InChI is InChI=1S/C48H51F4N9O8S/c1-46(2,3)40(43(66)59-25-32(62)20-35(59)42(65)57-22-27-8-10-28(11-9-27)41(54)64)58-36(63)26-68-18-6-7-19-69-37-17-13-30(23-56-37)33-15-14-31(24-55-33)61-45(70)60(44(67)47(61,4)5)34-16-12-29(21-53)38(39(34)49)48(50,51)52/h8-17,23-24,32,35,40,62H,6-7,18-20,22,25-26H2,1-5H3,(H2,54,64)(H,57,65)(H,58,63)/t32-,35+,40-/m1/s1. The largest absolute Gasteiger partial charge is 0.478 e. The summed E-state index contributed by atoms with van der Waals surface area (Å²) in [5.74, 6) is -4.37. The molecular formula is C48H51F4N9O8S. The van der Waals surface area contributed by atoms with Gasteiger partial charge in [0.15, 0.2) is 10.9 Å². The third kappa shape index (κ3) is 11.7. The number of pyridine rings is 2. The minimum atomic E-state index is -5.21. The molecule has 3 atom stereocenters. The fraction of sp³-hybridized carbons (Fsp3) is 0.396. The molecule has 22 heteroatoms. The number of likely N-dealkylation sites (tertiary alicyclic amines) is 1. The lowest BCUT2D eigenvalue weighted by Gasteiger charge is -2.35. The second-order valence-electron chi connectivity index (χ2n) is 18.2. The van der Waals surface area contributed by atoms with Crippen molar-refractivity contribution in [1.29, 1.82) is 5.26 Å². The first-order valence-electron chi connectivity index (χ1n) is 22.0. The number of primary amides is 1. The van der Waals surface area contributed by atoms with Gasteiger partial charge in [-0.15, -0.1) is 0 Å². The number of amides is 5. The van der Waals surface area contributed by atoms with Gasteiger partial charge in [-0.1, -0.05) is 32.9 Å². The number of alkyl halides is 3. The molecule has 6 rings (SSSR count). The van der Waals surface area contributed by atoms with Crippen LogP contribution in [0, 0.1) is 22.6 Å². The highest BCUT2D eigenvalue weighted by Crippen LogP contribution is 2.42. The van der Waals surface area contributed by atoms with Crippen molar-refractivity contribution in [1.82, 2.24) is 25.5 Å². The first kappa shape index (κ1) is 52.3. The minimum absolute atomic E-state index is 0.0197. The molecule has 2 fully saturated rings. The minimum Gasteiger partial charge on any atom is -0.478 e. The molecule has 0 unspecified atom stereocenters. The lowest BCUT2D eigenvalue weighted by molar-refractivity contribution is -0.144. The van der Waals surface area contributed by atoms with E-state index in [0.29, 0.717) is 51.7 Å². The second-order valence-corrected chi connectivity index (χ2v) is 18.5. The molecule has 0 bridgehead atoms. The van der Waals surface area contributed by atoms with Crippen LogP contribution in [-0.2, 0) is 36.6 Å². The zero-order valence-electron chi connectivity index (χ0n) is 38.8. The van der Waals surface area contributed by atoms with Crippen molar-refractivity contribution in [2.24, 2.45) is 11.1 Å². The number of nitrogens with two attached hydrogens (primary N) is 1. The van der Waals surface area contributed by atoms with Crippen LogP contribution in [-0.4, -0.2) is 105 Å². The summed E-state index contributed by atoms with van der Waals surface area (Å²) < 4.78 is 68.0. The number of aliphatic hydroxyl groups is 1. The van der Waals surface area contributed by atoms with E-state index in [2.05, 4.69) is 20.6 Å². The molecule has 370 valence electrons. The van der Waals surface area contributed by atoms with Crippen LogP contribution < -0.4 is 30.9 Å². The number of ether oxygens (including phenoxy) is 2. The molecule has 2 aliphatic rings. The maximum Gasteiger partial charge on any atom is 0.420 e. The SMILES string of the molecule is CC(C)(C)[C@H](NC(=O)COCCCCOc1ccc(-c2ccc(N3C(=S)N(c4ccc(C#N)c(C(F)(F)F)c4F)C(=O)C3(C)C)cn2)cn1)C(=O)N1C[C@H](O)C[C@H]1C(=O)NCc1ccc(C(N)=O)cc1. The Balaban J connectivity index is 0.949. The summed E-state index contributed by atoms with van der Waals surface area (Å²) in [6, 6.07) is 14.0. The number of thiocarbonyl (C=S) groups is 1. The van der Waals surface area contributed by atoms with Crippen molar-refractivity contribution in [2.75, 3.05) is 36.2 Å². The zero-order valence-corrected chi connectivity index (χ0v) is 39.6. The lowest BCUT2D eigenvalue weighted by atomic mass is 9.85. The van der Waals surface area contributed by atoms with Gasteiger partial charge in [0, 0.05) is 49.5 Å². The fourth-order valence-electron chi connectivity index (χ4n) is 7.92. The summed E-state index contributed by atoms with van der Waals surface area (Å²) in [4.78, 5) is 77.2. The zero-order chi connectivity index (χ0) is 51.3. The summed E-state index contributed by atoms with van der Waals surface area (Å²) in [5, 5.41) is 24.9. The number of carbonyl (C=O) groups excluding carboxylic acids is 5. The molecule has 70 heavy (non-hydrogen) atoms. The maximum absolute atomic E-state index is 15.4. The Labute approximate surface area is 405 Å². The van der Waals surface area contributed by atoms with Gasteiger partial charge in [0.05, 0.1) is 47.6 Å². The Morgan fingerprint density at radius 2 is 1.70 bits per heavy atom. The first-order valence-corrected chi connectivity index (χ1v) is 22.4. The van der Waals surface area contributed by atoms with Gasteiger partial charge in [-0.2, -0.15) is 18.4 Å². The summed E-state index contributed by atoms with van der Waals surface area (Å²) in [6.45, 7) is 8.46. The molecular weight excluding hydrogens is 939 g/mol. The second kappa shape index (κ2) is 21.3. The number of nitriles is 1. The van der Waals surface area contributed by atoms with E-state index in [1.807, 2.05) is 0 Å². The topological polar surface area (TPSA) is 233 Å². The van der Waals surface area contributed by atoms with Crippen LogP contribution in [0.4, 0.5) is 28.9 Å². The van der Waals surface area contributed by atoms with Crippen molar-refractivity contribution < 1.29 is 56.1 Å². The van der Waals surface area contributed by atoms with Gasteiger partial charge in [0.25, 0.3) is 5.91 Å². The number of anilines is 2. The average Bonchev–Trinajstić information content (AvgIpc) is 3.78. The van der Waals surface area contributed by atoms with Gasteiger partial charge in [-0.25, -0.2) is 9.37 Å². The fourth-order valence-corrected chi connectivity index (χ4v) is 8.43. The van der Waals surface area contributed by atoms with E-state index in [9.17, 15) is 42.3 Å². The molecule has 4 heterocycles. The molecule has 2 aromatic carbocycles. The predicted molar refractivity (Wildman–Crippen MR) is 250 cm³/mol. The summed E-state index contributed by atoms with van der Waals surface area (Å²) >= 11 is 5.52. The Kier molecular flexibility index (Phi) is 15.9. The van der Waals surface area contributed by atoms with Crippen molar-refractivity contribution in [3.05, 3.63) is 101 Å². The van der Waals surface area contributed by atoms with E-state index in [1.165, 1.54) is 54.2 Å². The third-order valence-electron chi connectivity index (χ3n) is 11.6. The van der Waals surface area contributed by atoms with E-state index >= 15 is 4.39 Å². The average molecular weight is 990 g/mol. The highest BCUT2D eigenvalue weighted by molar-refractivity contribution is 7.81. The van der Waals surface area contributed by atoms with E-state index in [4.69, 9.17) is 32.7 Å². The number of halogens is 4. The molecule has 5 N–H and O–H groups in total. The van der Waals surface area contributed by atoms with Crippen LogP contribution in [0.2, 0.25) is 0 Å². The normalized spacial score (nSPS) is 17.3. The van der Waals surface area contributed by atoms with Gasteiger partial charge in [-0.3, -0.25) is 33.9 Å². The third-order valence-corrected chi connectivity index (χ3v) is 12.0. The number of nitrogens with one attached hydrogen (secondary N) is 2. The number of carbonyl (C=O) groups is 5. The van der Waals surface area contributed by atoms with Crippen molar-refractivity contribution in [2.45, 2.75) is 90.3 Å². The highest BCUT2D eigenvalue weighted by Gasteiger charge is 2.52. The number of benzene rings is 2. The number of unbranched alkanes of at least 4 members (excludes halogenated alkanes) is 1. The van der Waals surface area contributed by atoms with Gasteiger partial charge in [0.1, 0.15) is 29.8 Å². The van der Waals surface area contributed by atoms with Gasteiger partial charge >= 0.3 is 6.18 Å². The molecule has 17 nitrogen and oxygen atoms in total. The molecule has 4 aromatic rings. The first-order chi connectivity index (χ1) is 32.9. The van der Waals surface area contributed by atoms with E-state index in [1.54, 1.807) is 57.2 Å². The lowest BCUT2D eigenvalue weighted by Crippen LogP contribution is -2.58. The van der Waals surface area contributed by atoms with Gasteiger partial charge in [0.2, 0.25) is 29.5 Å². The summed E-state index contributed by atoms with van der Waals surface area (Å²) in [6.07, 6.45) is -2.11. The smallest absolute Gasteiger partial charge is 0.420 e. The van der Waals surface area contributed by atoms with Gasteiger partial charge < -0.3 is 40.7 Å². The molecule has 0 aliphatic carbocycles. The highest BCUT2D eigenvalue weighted by atomic mass is 32.1. The Morgan fingerprint density at radius 3 is 2.30 bits per heavy atom. The number of aromatic nitrogens is 2. The van der Waals surface area contributed by atoms with Crippen LogP contribution in [0.5, 0.6) is 5.88 Å². The summed E-state index contributed by atoms with van der Waals surface area (Å²) in [5.41, 5.74) is 2.01. The number of aliphatic hydroxyl groups excluding tert-OH is 1. The molecule has 0 saturated carbocycles. The molecule has 2 aliphatic heterocycles. The molecule has 5 amide bonds. The number of β-amino-alcohol motifs (C(OH)–C–C–N with tert-alkyl or cyclic N) is 1.